The average molecular weight is 320 g/mol. The minimum atomic E-state index is 0. The summed E-state index contributed by atoms with van der Waals surface area (Å²) in [4.78, 5) is 5.09. The molecule has 0 spiro atoms. The highest BCUT2D eigenvalue weighted by Gasteiger charge is 2.17. The Morgan fingerprint density at radius 1 is 1.05 bits per heavy atom. The van der Waals surface area contributed by atoms with Crippen LogP contribution in [0.4, 0.5) is 5.69 Å². The Balaban J connectivity index is 0.00000180. The second-order valence-corrected chi connectivity index (χ2v) is 5.72. The summed E-state index contributed by atoms with van der Waals surface area (Å²) in [6, 6.07) is 8.24. The molecule has 0 radical (unpaired) electrons. The first-order chi connectivity index (χ1) is 8.63. The maximum Gasteiger partial charge on any atom is 0.0317 e. The van der Waals surface area contributed by atoms with Crippen LogP contribution in [0.2, 0.25) is 0 Å². The molecule has 1 fully saturated rings. The fraction of sp³-hybridized carbons (Fsp3) is 0.600. The second kappa shape index (κ2) is 9.46. The van der Waals surface area contributed by atoms with Crippen LogP contribution in [0.15, 0.2) is 24.3 Å². The SMILES string of the molecule is CC(C)CN1CCN(Cc2cccc(N)c2)CC1.Cl.Cl. The summed E-state index contributed by atoms with van der Waals surface area (Å²) in [5.74, 6) is 0.769. The van der Waals surface area contributed by atoms with Crippen LogP contribution < -0.4 is 5.73 Å². The van der Waals surface area contributed by atoms with Gasteiger partial charge in [-0.15, -0.1) is 24.8 Å². The molecule has 2 rings (SSSR count). The molecule has 0 amide bonds. The molecular weight excluding hydrogens is 293 g/mol. The molecule has 116 valence electrons. The summed E-state index contributed by atoms with van der Waals surface area (Å²) >= 11 is 0. The van der Waals surface area contributed by atoms with Gasteiger partial charge in [-0.3, -0.25) is 4.90 Å². The van der Waals surface area contributed by atoms with Crippen molar-refractivity contribution in [2.45, 2.75) is 20.4 Å². The van der Waals surface area contributed by atoms with Crippen molar-refractivity contribution in [3.05, 3.63) is 29.8 Å². The number of hydrogen-bond donors (Lipinski definition) is 1. The van der Waals surface area contributed by atoms with Gasteiger partial charge in [0.2, 0.25) is 0 Å². The number of rotatable bonds is 4. The van der Waals surface area contributed by atoms with Crippen molar-refractivity contribution in [2.24, 2.45) is 5.92 Å². The topological polar surface area (TPSA) is 32.5 Å². The van der Waals surface area contributed by atoms with Crippen molar-refractivity contribution in [3.63, 3.8) is 0 Å². The molecule has 1 saturated heterocycles. The number of benzene rings is 1. The Bertz CT molecular complexity index is 377. The number of hydrogen-bond acceptors (Lipinski definition) is 3. The second-order valence-electron chi connectivity index (χ2n) is 5.72. The lowest BCUT2D eigenvalue weighted by molar-refractivity contribution is 0.117. The zero-order valence-electron chi connectivity index (χ0n) is 12.4. The number of nitrogens with two attached hydrogens (primary N) is 1. The fourth-order valence-electron chi connectivity index (χ4n) is 2.60. The highest BCUT2D eigenvalue weighted by Crippen LogP contribution is 2.12. The molecule has 0 aromatic heterocycles. The van der Waals surface area contributed by atoms with Crippen molar-refractivity contribution in [1.29, 1.82) is 0 Å². The minimum Gasteiger partial charge on any atom is -0.399 e. The molecule has 3 nitrogen and oxygen atoms in total. The van der Waals surface area contributed by atoms with Crippen molar-refractivity contribution in [2.75, 3.05) is 38.5 Å². The lowest BCUT2D eigenvalue weighted by Gasteiger charge is -2.35. The zero-order valence-corrected chi connectivity index (χ0v) is 14.1. The van der Waals surface area contributed by atoms with Gasteiger partial charge in [-0.25, -0.2) is 0 Å². The summed E-state index contributed by atoms with van der Waals surface area (Å²) in [5.41, 5.74) is 8.01. The third kappa shape index (κ3) is 6.31. The number of nitrogens with zero attached hydrogens (tertiary/aromatic N) is 2. The third-order valence-corrected chi connectivity index (χ3v) is 3.45. The van der Waals surface area contributed by atoms with Crippen LogP contribution in [0.25, 0.3) is 0 Å². The summed E-state index contributed by atoms with van der Waals surface area (Å²) < 4.78 is 0. The Labute approximate surface area is 135 Å². The van der Waals surface area contributed by atoms with Gasteiger partial charge < -0.3 is 10.6 Å². The molecule has 1 aromatic rings. The Hall–Kier alpha value is -0.480. The van der Waals surface area contributed by atoms with E-state index in [9.17, 15) is 0 Å². The normalized spacial score (nSPS) is 16.6. The van der Waals surface area contributed by atoms with E-state index in [4.69, 9.17) is 5.73 Å². The van der Waals surface area contributed by atoms with E-state index in [0.29, 0.717) is 0 Å². The molecule has 0 atom stereocenters. The van der Waals surface area contributed by atoms with Crippen LogP contribution in [0, 0.1) is 5.92 Å². The predicted octanol–water partition coefficient (Wildman–Crippen LogP) is 2.89. The molecule has 0 aliphatic carbocycles. The average Bonchev–Trinajstić information content (AvgIpc) is 2.31. The molecule has 20 heavy (non-hydrogen) atoms. The first-order valence-electron chi connectivity index (χ1n) is 6.92. The summed E-state index contributed by atoms with van der Waals surface area (Å²) in [7, 11) is 0. The number of piperazine rings is 1. The highest BCUT2D eigenvalue weighted by atomic mass is 35.5. The van der Waals surface area contributed by atoms with E-state index in [1.165, 1.54) is 38.3 Å². The van der Waals surface area contributed by atoms with E-state index in [2.05, 4.69) is 35.8 Å². The predicted molar refractivity (Wildman–Crippen MR) is 91.9 cm³/mol. The summed E-state index contributed by atoms with van der Waals surface area (Å²) in [6.45, 7) is 11.6. The Morgan fingerprint density at radius 3 is 2.20 bits per heavy atom. The Kier molecular flexibility index (Phi) is 9.23. The minimum absolute atomic E-state index is 0. The van der Waals surface area contributed by atoms with Crippen molar-refractivity contribution in [3.8, 4) is 0 Å². The molecule has 1 heterocycles. The molecule has 1 aliphatic rings. The number of anilines is 1. The van der Waals surface area contributed by atoms with E-state index in [0.717, 1.165) is 18.2 Å². The van der Waals surface area contributed by atoms with Gasteiger partial charge in [-0.2, -0.15) is 0 Å². The maximum absolute atomic E-state index is 5.81. The molecule has 1 aliphatic heterocycles. The quantitative estimate of drug-likeness (QED) is 0.866. The first kappa shape index (κ1) is 19.5. The largest absolute Gasteiger partial charge is 0.399 e. The van der Waals surface area contributed by atoms with Crippen LogP contribution in [0.3, 0.4) is 0 Å². The van der Waals surface area contributed by atoms with E-state index in [-0.39, 0.29) is 24.8 Å². The molecule has 2 N–H and O–H groups in total. The Morgan fingerprint density at radius 2 is 1.65 bits per heavy atom. The van der Waals surface area contributed by atoms with Crippen molar-refractivity contribution < 1.29 is 0 Å². The molecule has 0 unspecified atom stereocenters. The summed E-state index contributed by atoms with van der Waals surface area (Å²) in [6.07, 6.45) is 0. The monoisotopic (exact) mass is 319 g/mol. The fourth-order valence-corrected chi connectivity index (χ4v) is 2.60. The zero-order chi connectivity index (χ0) is 13.0. The van der Waals surface area contributed by atoms with Gasteiger partial charge >= 0.3 is 0 Å². The molecular formula is C15H27Cl2N3. The van der Waals surface area contributed by atoms with Gasteiger partial charge in [0.25, 0.3) is 0 Å². The summed E-state index contributed by atoms with van der Waals surface area (Å²) in [5, 5.41) is 0. The number of nitrogen functional groups attached to an aromatic ring is 1. The van der Waals surface area contributed by atoms with Crippen LogP contribution in [-0.2, 0) is 6.54 Å². The van der Waals surface area contributed by atoms with E-state index < -0.39 is 0 Å². The van der Waals surface area contributed by atoms with E-state index in [1.54, 1.807) is 0 Å². The van der Waals surface area contributed by atoms with Gasteiger partial charge in [0.15, 0.2) is 0 Å². The lowest BCUT2D eigenvalue weighted by Crippen LogP contribution is -2.46. The number of halogens is 2. The van der Waals surface area contributed by atoms with Gasteiger partial charge in [0, 0.05) is 45.0 Å². The smallest absolute Gasteiger partial charge is 0.0317 e. The van der Waals surface area contributed by atoms with Gasteiger partial charge in [-0.1, -0.05) is 26.0 Å². The molecule has 5 heteroatoms. The lowest BCUT2D eigenvalue weighted by atomic mass is 10.1. The molecule has 1 aromatic carbocycles. The van der Waals surface area contributed by atoms with E-state index >= 15 is 0 Å². The van der Waals surface area contributed by atoms with Crippen LogP contribution in [0.1, 0.15) is 19.4 Å². The maximum atomic E-state index is 5.81. The molecule has 0 bridgehead atoms. The standard InChI is InChI=1S/C15H25N3.2ClH/c1-13(2)11-17-6-8-18(9-7-17)12-14-4-3-5-15(16)10-14;;/h3-5,10,13H,6-9,11-12,16H2,1-2H3;2*1H. The first-order valence-corrected chi connectivity index (χ1v) is 6.92. The van der Waals surface area contributed by atoms with Crippen LogP contribution >= 0.6 is 24.8 Å². The van der Waals surface area contributed by atoms with Crippen LogP contribution in [0.5, 0.6) is 0 Å². The van der Waals surface area contributed by atoms with Gasteiger partial charge in [0.05, 0.1) is 0 Å². The van der Waals surface area contributed by atoms with Crippen molar-refractivity contribution >= 4 is 30.5 Å². The van der Waals surface area contributed by atoms with E-state index in [1.807, 2.05) is 12.1 Å². The third-order valence-electron chi connectivity index (χ3n) is 3.45. The van der Waals surface area contributed by atoms with Gasteiger partial charge in [-0.05, 0) is 23.6 Å². The van der Waals surface area contributed by atoms with Crippen LogP contribution in [-0.4, -0.2) is 42.5 Å². The highest BCUT2D eigenvalue weighted by molar-refractivity contribution is 5.85. The van der Waals surface area contributed by atoms with Crippen molar-refractivity contribution in [1.82, 2.24) is 9.80 Å². The molecule has 0 saturated carbocycles. The van der Waals surface area contributed by atoms with Gasteiger partial charge in [0.1, 0.15) is 0 Å².